The molecule has 0 aliphatic carbocycles. The number of hydrogen-bond donors (Lipinski definition) is 0. The Kier molecular flexibility index (Phi) is 6.05. The minimum Gasteiger partial charge on any atom is -0.338 e. The second-order valence-electron chi connectivity index (χ2n) is 7.94. The third kappa shape index (κ3) is 4.51. The number of rotatable bonds is 6. The Morgan fingerprint density at radius 1 is 1.32 bits per heavy atom. The standard InChI is InChI=1S/C19H28N4O3S2/c1-12(2)8-23(16-6-7-28(25,26)11-16)18(24)10-27-17-9-22-15(5)13(3)14(4)20-19(22)21-17/h9,12,16H,6-8,10-11H2,1-5H3/t16-/m1/s1. The van der Waals surface area contributed by atoms with Gasteiger partial charge in [-0.3, -0.25) is 9.20 Å². The molecule has 0 radical (unpaired) electrons. The Hall–Kier alpha value is -1.61. The summed E-state index contributed by atoms with van der Waals surface area (Å²) in [5, 5.41) is 0.748. The van der Waals surface area contributed by atoms with Gasteiger partial charge in [0.25, 0.3) is 0 Å². The van der Waals surface area contributed by atoms with E-state index >= 15 is 0 Å². The summed E-state index contributed by atoms with van der Waals surface area (Å²) in [6.07, 6.45) is 2.44. The van der Waals surface area contributed by atoms with E-state index in [0.717, 1.165) is 22.0 Å². The molecule has 1 aliphatic heterocycles. The first-order chi connectivity index (χ1) is 13.1. The Bertz CT molecular complexity index is 998. The van der Waals surface area contributed by atoms with Gasteiger partial charge in [0, 0.05) is 30.2 Å². The van der Waals surface area contributed by atoms with Crippen LogP contribution in [0.4, 0.5) is 0 Å². The molecule has 0 spiro atoms. The number of carbonyl (C=O) groups excluding carboxylic acids is 1. The van der Waals surface area contributed by atoms with Crippen molar-refractivity contribution >= 4 is 33.3 Å². The topological polar surface area (TPSA) is 84.6 Å². The van der Waals surface area contributed by atoms with Gasteiger partial charge in [-0.05, 0) is 38.7 Å². The zero-order valence-electron chi connectivity index (χ0n) is 17.1. The molecular weight excluding hydrogens is 396 g/mol. The summed E-state index contributed by atoms with van der Waals surface area (Å²) in [6, 6.07) is -0.212. The van der Waals surface area contributed by atoms with Crippen LogP contribution in [0.25, 0.3) is 5.78 Å². The number of thioether (sulfide) groups is 1. The number of amides is 1. The predicted molar refractivity (Wildman–Crippen MR) is 112 cm³/mol. The Morgan fingerprint density at radius 2 is 2.04 bits per heavy atom. The molecule has 1 atom stereocenters. The zero-order chi connectivity index (χ0) is 20.6. The van der Waals surface area contributed by atoms with Gasteiger partial charge in [0.15, 0.2) is 9.84 Å². The van der Waals surface area contributed by atoms with E-state index in [1.807, 2.05) is 45.2 Å². The average Bonchev–Trinajstić information content (AvgIpc) is 3.18. The SMILES string of the molecule is Cc1nc2nc(SCC(=O)N(CC(C)C)[C@@H]3CCS(=O)(=O)C3)cn2c(C)c1C. The van der Waals surface area contributed by atoms with Crippen molar-refractivity contribution in [1.82, 2.24) is 19.3 Å². The molecule has 0 bridgehead atoms. The van der Waals surface area contributed by atoms with E-state index in [2.05, 4.69) is 9.97 Å². The van der Waals surface area contributed by atoms with Gasteiger partial charge in [0.2, 0.25) is 11.7 Å². The lowest BCUT2D eigenvalue weighted by molar-refractivity contribution is -0.130. The number of nitrogens with zero attached hydrogens (tertiary/aromatic N) is 4. The quantitative estimate of drug-likeness (QED) is 0.662. The Balaban J connectivity index is 1.74. The highest BCUT2D eigenvalue weighted by Gasteiger charge is 2.34. The van der Waals surface area contributed by atoms with Crippen LogP contribution in [0.1, 0.15) is 37.2 Å². The predicted octanol–water partition coefficient (Wildman–Crippen LogP) is 2.42. The van der Waals surface area contributed by atoms with Crippen LogP contribution < -0.4 is 0 Å². The fraction of sp³-hybridized carbons (Fsp3) is 0.632. The largest absolute Gasteiger partial charge is 0.338 e. The Labute approximate surface area is 170 Å². The molecule has 2 aromatic heterocycles. The molecular formula is C19H28N4O3S2. The van der Waals surface area contributed by atoms with E-state index in [-0.39, 0.29) is 35.1 Å². The van der Waals surface area contributed by atoms with E-state index in [0.29, 0.717) is 18.7 Å². The van der Waals surface area contributed by atoms with E-state index < -0.39 is 9.84 Å². The number of imidazole rings is 1. The van der Waals surface area contributed by atoms with Crippen molar-refractivity contribution in [2.75, 3.05) is 23.8 Å². The van der Waals surface area contributed by atoms with Gasteiger partial charge in [-0.25, -0.2) is 18.4 Å². The first kappa shape index (κ1) is 21.1. The van der Waals surface area contributed by atoms with Gasteiger partial charge in [0.05, 0.1) is 17.3 Å². The fourth-order valence-electron chi connectivity index (χ4n) is 3.51. The van der Waals surface area contributed by atoms with E-state index in [1.54, 1.807) is 4.90 Å². The van der Waals surface area contributed by atoms with Crippen LogP contribution in [0.2, 0.25) is 0 Å². The second kappa shape index (κ2) is 8.02. The highest BCUT2D eigenvalue weighted by Crippen LogP contribution is 2.24. The smallest absolute Gasteiger partial charge is 0.235 e. The molecule has 1 amide bonds. The summed E-state index contributed by atoms with van der Waals surface area (Å²) in [6.45, 7) is 10.7. The molecule has 1 fully saturated rings. The molecule has 1 aliphatic rings. The summed E-state index contributed by atoms with van der Waals surface area (Å²) in [7, 11) is -3.03. The zero-order valence-corrected chi connectivity index (χ0v) is 18.7. The van der Waals surface area contributed by atoms with Gasteiger partial charge in [0.1, 0.15) is 5.03 Å². The van der Waals surface area contributed by atoms with Crippen molar-refractivity contribution in [3.63, 3.8) is 0 Å². The third-order valence-electron chi connectivity index (χ3n) is 5.25. The fourth-order valence-corrected chi connectivity index (χ4v) is 6.00. The average molecular weight is 425 g/mol. The number of aromatic nitrogens is 3. The number of sulfone groups is 1. The molecule has 154 valence electrons. The molecule has 0 saturated carbocycles. The van der Waals surface area contributed by atoms with Gasteiger partial charge in [-0.2, -0.15) is 0 Å². The van der Waals surface area contributed by atoms with Gasteiger partial charge >= 0.3 is 0 Å². The highest BCUT2D eigenvalue weighted by molar-refractivity contribution is 7.99. The monoisotopic (exact) mass is 424 g/mol. The van der Waals surface area contributed by atoms with E-state index in [4.69, 9.17) is 0 Å². The molecule has 0 unspecified atom stereocenters. The number of hydrogen-bond acceptors (Lipinski definition) is 6. The highest BCUT2D eigenvalue weighted by atomic mass is 32.2. The van der Waals surface area contributed by atoms with Crippen LogP contribution in [-0.4, -0.2) is 63.4 Å². The number of fused-ring (bicyclic) bond motifs is 1. The number of aryl methyl sites for hydroxylation is 2. The summed E-state index contributed by atoms with van der Waals surface area (Å²) in [5.41, 5.74) is 3.17. The minimum absolute atomic E-state index is 0.0325. The van der Waals surface area contributed by atoms with Crippen molar-refractivity contribution in [2.45, 2.75) is 52.1 Å². The Morgan fingerprint density at radius 3 is 2.64 bits per heavy atom. The lowest BCUT2D eigenvalue weighted by Crippen LogP contribution is -2.44. The molecule has 9 heteroatoms. The number of carbonyl (C=O) groups is 1. The minimum atomic E-state index is -3.03. The molecule has 3 heterocycles. The maximum atomic E-state index is 12.9. The second-order valence-corrected chi connectivity index (χ2v) is 11.2. The molecule has 3 rings (SSSR count). The van der Waals surface area contributed by atoms with E-state index in [9.17, 15) is 13.2 Å². The first-order valence-electron chi connectivity index (χ1n) is 9.53. The van der Waals surface area contributed by atoms with Crippen molar-refractivity contribution < 1.29 is 13.2 Å². The molecule has 0 N–H and O–H groups in total. The lowest BCUT2D eigenvalue weighted by Gasteiger charge is -2.29. The van der Waals surface area contributed by atoms with Crippen molar-refractivity contribution in [3.8, 4) is 0 Å². The maximum absolute atomic E-state index is 12.9. The van der Waals surface area contributed by atoms with Crippen LogP contribution in [0.3, 0.4) is 0 Å². The summed E-state index contributed by atoms with van der Waals surface area (Å²) >= 11 is 1.38. The van der Waals surface area contributed by atoms with Gasteiger partial charge in [-0.15, -0.1) is 0 Å². The normalized spacial score (nSPS) is 18.9. The van der Waals surface area contributed by atoms with Crippen LogP contribution in [-0.2, 0) is 14.6 Å². The molecule has 0 aromatic carbocycles. The molecule has 28 heavy (non-hydrogen) atoms. The van der Waals surface area contributed by atoms with Crippen molar-refractivity contribution in [1.29, 1.82) is 0 Å². The third-order valence-corrected chi connectivity index (χ3v) is 7.89. The first-order valence-corrected chi connectivity index (χ1v) is 12.3. The van der Waals surface area contributed by atoms with Gasteiger partial charge < -0.3 is 4.90 Å². The summed E-state index contributed by atoms with van der Waals surface area (Å²) in [5.74, 6) is 1.37. The molecule has 2 aromatic rings. The van der Waals surface area contributed by atoms with Crippen LogP contribution in [0.15, 0.2) is 11.2 Å². The summed E-state index contributed by atoms with van der Waals surface area (Å²) < 4.78 is 25.7. The van der Waals surface area contributed by atoms with Crippen LogP contribution in [0, 0.1) is 26.7 Å². The van der Waals surface area contributed by atoms with E-state index in [1.165, 1.54) is 11.8 Å². The lowest BCUT2D eigenvalue weighted by atomic mass is 10.1. The maximum Gasteiger partial charge on any atom is 0.235 e. The van der Waals surface area contributed by atoms with Crippen LogP contribution >= 0.6 is 11.8 Å². The van der Waals surface area contributed by atoms with Crippen LogP contribution in [0.5, 0.6) is 0 Å². The van der Waals surface area contributed by atoms with Gasteiger partial charge in [-0.1, -0.05) is 25.6 Å². The summed E-state index contributed by atoms with van der Waals surface area (Å²) in [4.78, 5) is 23.7. The molecule has 1 saturated heterocycles. The van der Waals surface area contributed by atoms with Crippen molar-refractivity contribution in [2.24, 2.45) is 5.92 Å². The van der Waals surface area contributed by atoms with Crippen molar-refractivity contribution in [3.05, 3.63) is 23.1 Å². The molecule has 7 nitrogen and oxygen atoms in total.